The van der Waals surface area contributed by atoms with Crippen LogP contribution in [-0.4, -0.2) is 29.9 Å². The fourth-order valence-electron chi connectivity index (χ4n) is 1.38. The van der Waals surface area contributed by atoms with Crippen molar-refractivity contribution in [1.29, 1.82) is 0 Å². The second-order valence-corrected chi connectivity index (χ2v) is 5.24. The van der Waals surface area contributed by atoms with Crippen LogP contribution >= 0.6 is 0 Å². The Morgan fingerprint density at radius 1 is 1.39 bits per heavy atom. The second kappa shape index (κ2) is 6.44. The Labute approximate surface area is 109 Å². The molecule has 0 aliphatic carbocycles. The Morgan fingerprint density at radius 3 is 2.67 bits per heavy atom. The predicted molar refractivity (Wildman–Crippen MR) is 73.6 cm³/mol. The molecule has 0 radical (unpaired) electrons. The second-order valence-electron chi connectivity index (χ2n) is 5.24. The van der Waals surface area contributed by atoms with Gasteiger partial charge in [0.25, 0.3) is 0 Å². The first-order valence-corrected chi connectivity index (χ1v) is 6.04. The lowest BCUT2D eigenvalue weighted by atomic mass is 10.1. The highest BCUT2D eigenvalue weighted by atomic mass is 16.5. The molecule has 2 N–H and O–H groups in total. The molecule has 1 rings (SSSR count). The average molecular weight is 247 g/mol. The Hall–Kier alpha value is -1.50. The summed E-state index contributed by atoms with van der Waals surface area (Å²) in [6.45, 7) is 6.86. The van der Waals surface area contributed by atoms with E-state index >= 15 is 0 Å². The summed E-state index contributed by atoms with van der Waals surface area (Å²) in [5.74, 6) is 3.19. The number of hydrogen-bond donors (Lipinski definition) is 2. The van der Waals surface area contributed by atoms with Crippen molar-refractivity contribution in [3.8, 4) is 18.1 Å². The van der Waals surface area contributed by atoms with E-state index in [9.17, 15) is 5.11 Å². The van der Waals surface area contributed by atoms with Crippen LogP contribution in [0.3, 0.4) is 0 Å². The zero-order valence-corrected chi connectivity index (χ0v) is 11.2. The van der Waals surface area contributed by atoms with E-state index < -0.39 is 6.10 Å². The van der Waals surface area contributed by atoms with Crippen LogP contribution in [0.25, 0.3) is 0 Å². The molecule has 0 bridgehead atoms. The maximum absolute atomic E-state index is 9.80. The number of aliphatic hydroxyl groups is 1. The molecule has 1 atom stereocenters. The van der Waals surface area contributed by atoms with Gasteiger partial charge >= 0.3 is 0 Å². The van der Waals surface area contributed by atoms with Crippen molar-refractivity contribution in [1.82, 2.24) is 5.32 Å². The lowest BCUT2D eigenvalue weighted by Gasteiger charge is -2.23. The summed E-state index contributed by atoms with van der Waals surface area (Å²) >= 11 is 0. The van der Waals surface area contributed by atoms with Gasteiger partial charge in [0.1, 0.15) is 18.5 Å². The molecule has 0 saturated heterocycles. The summed E-state index contributed by atoms with van der Waals surface area (Å²) in [7, 11) is 0. The van der Waals surface area contributed by atoms with Gasteiger partial charge in [0.15, 0.2) is 0 Å². The molecular weight excluding hydrogens is 226 g/mol. The minimum Gasteiger partial charge on any atom is -0.490 e. The topological polar surface area (TPSA) is 41.5 Å². The molecule has 1 unspecified atom stereocenters. The first kappa shape index (κ1) is 14.6. The van der Waals surface area contributed by atoms with Gasteiger partial charge in [-0.2, -0.15) is 0 Å². The van der Waals surface area contributed by atoms with Gasteiger partial charge in [-0.25, -0.2) is 0 Å². The predicted octanol–water partition coefficient (Wildman–Crippen LogP) is 1.80. The molecule has 0 aromatic heterocycles. The van der Waals surface area contributed by atoms with E-state index in [2.05, 4.69) is 11.2 Å². The quantitative estimate of drug-likeness (QED) is 0.780. The Bertz CT molecular complexity index is 415. The van der Waals surface area contributed by atoms with Gasteiger partial charge in [-0.15, -0.1) is 6.42 Å². The number of β-amino-alcohol motifs (C(OH)–C–C–N with tert-alkyl or cyclic N) is 1. The molecule has 1 aromatic carbocycles. The zero-order chi connectivity index (χ0) is 13.6. The van der Waals surface area contributed by atoms with E-state index in [1.165, 1.54) is 0 Å². The summed E-state index contributed by atoms with van der Waals surface area (Å²) < 4.78 is 5.52. The van der Waals surface area contributed by atoms with Crippen molar-refractivity contribution in [3.63, 3.8) is 0 Å². The van der Waals surface area contributed by atoms with Gasteiger partial charge in [-0.05, 0) is 32.9 Å². The summed E-state index contributed by atoms with van der Waals surface area (Å²) in [5, 5.41) is 13.0. The zero-order valence-electron chi connectivity index (χ0n) is 11.2. The molecule has 1 aromatic rings. The third-order valence-corrected chi connectivity index (χ3v) is 2.34. The standard InChI is InChI=1S/C15H21NO2/c1-5-12-8-6-7-9-14(12)18-11-13(17)10-16-15(2,3)4/h1,6-9,13,16-17H,10-11H2,2-4H3. The largest absolute Gasteiger partial charge is 0.490 e. The number of terminal acetylenes is 1. The van der Waals surface area contributed by atoms with Crippen molar-refractivity contribution in [2.45, 2.75) is 32.4 Å². The number of benzene rings is 1. The monoisotopic (exact) mass is 247 g/mol. The Kier molecular flexibility index (Phi) is 5.21. The molecule has 3 heteroatoms. The molecular formula is C15H21NO2. The van der Waals surface area contributed by atoms with Crippen LogP contribution in [0.5, 0.6) is 5.75 Å². The molecule has 3 nitrogen and oxygen atoms in total. The Morgan fingerprint density at radius 2 is 2.06 bits per heavy atom. The van der Waals surface area contributed by atoms with E-state index in [-0.39, 0.29) is 12.1 Å². The van der Waals surface area contributed by atoms with Crippen molar-refractivity contribution in [2.75, 3.05) is 13.2 Å². The lowest BCUT2D eigenvalue weighted by Crippen LogP contribution is -2.42. The minimum absolute atomic E-state index is 0.0162. The molecule has 0 aliphatic heterocycles. The third kappa shape index (κ3) is 5.22. The fraction of sp³-hybridized carbons (Fsp3) is 0.467. The Balaban J connectivity index is 2.43. The number of nitrogens with one attached hydrogen (secondary N) is 1. The van der Waals surface area contributed by atoms with E-state index in [0.717, 1.165) is 0 Å². The van der Waals surface area contributed by atoms with Crippen LogP contribution in [-0.2, 0) is 0 Å². The van der Waals surface area contributed by atoms with Crippen molar-refractivity contribution >= 4 is 0 Å². The van der Waals surface area contributed by atoms with Gasteiger partial charge in [0, 0.05) is 12.1 Å². The molecule has 0 saturated carbocycles. The first-order valence-electron chi connectivity index (χ1n) is 6.04. The summed E-state index contributed by atoms with van der Waals surface area (Å²) in [6.07, 6.45) is 4.81. The van der Waals surface area contributed by atoms with Gasteiger partial charge in [-0.3, -0.25) is 0 Å². The maximum Gasteiger partial charge on any atom is 0.135 e. The molecule has 98 valence electrons. The van der Waals surface area contributed by atoms with Crippen LogP contribution in [0.2, 0.25) is 0 Å². The van der Waals surface area contributed by atoms with Gasteiger partial charge < -0.3 is 15.2 Å². The van der Waals surface area contributed by atoms with E-state index in [4.69, 9.17) is 11.2 Å². The van der Waals surface area contributed by atoms with Crippen molar-refractivity contribution in [3.05, 3.63) is 29.8 Å². The first-order chi connectivity index (χ1) is 8.42. The molecule has 0 spiro atoms. The van der Waals surface area contributed by atoms with Crippen LogP contribution in [0, 0.1) is 12.3 Å². The van der Waals surface area contributed by atoms with Crippen molar-refractivity contribution < 1.29 is 9.84 Å². The van der Waals surface area contributed by atoms with Crippen LogP contribution in [0.4, 0.5) is 0 Å². The van der Waals surface area contributed by atoms with Crippen LogP contribution in [0.1, 0.15) is 26.3 Å². The van der Waals surface area contributed by atoms with E-state index in [1.54, 1.807) is 6.07 Å². The fourth-order valence-corrected chi connectivity index (χ4v) is 1.38. The molecule has 0 aliphatic rings. The number of hydrogen-bond acceptors (Lipinski definition) is 3. The summed E-state index contributed by atoms with van der Waals surface area (Å²) in [5.41, 5.74) is 0.686. The highest BCUT2D eigenvalue weighted by Crippen LogP contribution is 2.16. The number of ether oxygens (including phenoxy) is 1. The van der Waals surface area contributed by atoms with E-state index in [0.29, 0.717) is 17.9 Å². The van der Waals surface area contributed by atoms with Crippen molar-refractivity contribution in [2.24, 2.45) is 0 Å². The highest BCUT2D eigenvalue weighted by molar-refractivity contribution is 5.44. The molecule has 18 heavy (non-hydrogen) atoms. The minimum atomic E-state index is -0.560. The third-order valence-electron chi connectivity index (χ3n) is 2.34. The molecule has 0 heterocycles. The van der Waals surface area contributed by atoms with Crippen LogP contribution < -0.4 is 10.1 Å². The summed E-state index contributed by atoms with van der Waals surface area (Å²) in [6, 6.07) is 7.34. The lowest BCUT2D eigenvalue weighted by molar-refractivity contribution is 0.0999. The normalized spacial score (nSPS) is 12.8. The van der Waals surface area contributed by atoms with Crippen LogP contribution in [0.15, 0.2) is 24.3 Å². The summed E-state index contributed by atoms with van der Waals surface area (Å²) in [4.78, 5) is 0. The maximum atomic E-state index is 9.80. The SMILES string of the molecule is C#Cc1ccccc1OCC(O)CNC(C)(C)C. The number of para-hydroxylation sites is 1. The average Bonchev–Trinajstić information content (AvgIpc) is 2.33. The number of aliphatic hydroxyl groups excluding tert-OH is 1. The number of rotatable bonds is 5. The molecule has 0 amide bonds. The smallest absolute Gasteiger partial charge is 0.135 e. The molecule has 0 fully saturated rings. The van der Waals surface area contributed by atoms with Gasteiger partial charge in [0.2, 0.25) is 0 Å². The van der Waals surface area contributed by atoms with E-state index in [1.807, 2.05) is 39.0 Å². The highest BCUT2D eigenvalue weighted by Gasteiger charge is 2.13. The van der Waals surface area contributed by atoms with Gasteiger partial charge in [0.05, 0.1) is 5.56 Å². The van der Waals surface area contributed by atoms with Gasteiger partial charge in [-0.1, -0.05) is 18.1 Å².